The SMILES string of the molecule is CC(=O)c1ccc(NC(=O)c2cc(Nc3ccc(F)c(Cl)c3)nc(C)n2)cc1. The fourth-order valence-electron chi connectivity index (χ4n) is 2.45. The van der Waals surface area contributed by atoms with Crippen LogP contribution in [-0.2, 0) is 0 Å². The molecule has 6 nitrogen and oxygen atoms in total. The third-order valence-electron chi connectivity index (χ3n) is 3.81. The molecule has 28 heavy (non-hydrogen) atoms. The number of aromatic nitrogens is 2. The van der Waals surface area contributed by atoms with Gasteiger partial charge in [-0.05, 0) is 56.3 Å². The van der Waals surface area contributed by atoms with E-state index in [1.54, 1.807) is 31.2 Å². The van der Waals surface area contributed by atoms with E-state index in [4.69, 9.17) is 11.6 Å². The molecule has 1 amide bonds. The molecule has 0 saturated carbocycles. The fourth-order valence-corrected chi connectivity index (χ4v) is 2.63. The molecule has 2 aromatic carbocycles. The van der Waals surface area contributed by atoms with Crippen LogP contribution in [0.2, 0.25) is 5.02 Å². The van der Waals surface area contributed by atoms with Gasteiger partial charge in [-0.1, -0.05) is 11.6 Å². The van der Waals surface area contributed by atoms with Gasteiger partial charge in [0, 0.05) is 23.0 Å². The first-order valence-corrected chi connectivity index (χ1v) is 8.70. The Bertz CT molecular complexity index is 1050. The zero-order chi connectivity index (χ0) is 20.3. The van der Waals surface area contributed by atoms with Gasteiger partial charge in [0.15, 0.2) is 5.78 Å². The summed E-state index contributed by atoms with van der Waals surface area (Å²) in [6.07, 6.45) is 0. The number of carbonyl (C=O) groups excluding carboxylic acids is 2. The maximum absolute atomic E-state index is 13.3. The van der Waals surface area contributed by atoms with Crippen LogP contribution < -0.4 is 10.6 Å². The summed E-state index contributed by atoms with van der Waals surface area (Å²) in [6.45, 7) is 3.13. The van der Waals surface area contributed by atoms with Crippen molar-refractivity contribution in [1.82, 2.24) is 9.97 Å². The van der Waals surface area contributed by atoms with E-state index in [9.17, 15) is 14.0 Å². The van der Waals surface area contributed by atoms with Crippen LogP contribution in [0.4, 0.5) is 21.6 Å². The lowest BCUT2D eigenvalue weighted by molar-refractivity contribution is 0.101. The van der Waals surface area contributed by atoms with Gasteiger partial charge in [-0.3, -0.25) is 9.59 Å². The van der Waals surface area contributed by atoms with E-state index in [0.29, 0.717) is 28.6 Å². The third kappa shape index (κ3) is 4.69. The van der Waals surface area contributed by atoms with E-state index in [2.05, 4.69) is 20.6 Å². The van der Waals surface area contributed by atoms with Crippen molar-refractivity contribution in [2.24, 2.45) is 0 Å². The third-order valence-corrected chi connectivity index (χ3v) is 4.10. The lowest BCUT2D eigenvalue weighted by Crippen LogP contribution is -2.15. The zero-order valence-corrected chi connectivity index (χ0v) is 15.8. The van der Waals surface area contributed by atoms with Gasteiger partial charge < -0.3 is 10.6 Å². The molecule has 0 aliphatic carbocycles. The molecule has 0 radical (unpaired) electrons. The predicted octanol–water partition coefficient (Wildman–Crippen LogP) is 4.78. The minimum absolute atomic E-state index is 0.0252. The molecule has 8 heteroatoms. The number of ketones is 1. The summed E-state index contributed by atoms with van der Waals surface area (Å²) in [4.78, 5) is 32.2. The van der Waals surface area contributed by atoms with Crippen molar-refractivity contribution in [3.8, 4) is 0 Å². The van der Waals surface area contributed by atoms with Crippen molar-refractivity contribution in [3.63, 3.8) is 0 Å². The second-order valence-electron chi connectivity index (χ2n) is 6.03. The minimum atomic E-state index is -0.526. The Morgan fingerprint density at radius 1 is 1.00 bits per heavy atom. The van der Waals surface area contributed by atoms with Crippen molar-refractivity contribution in [2.75, 3.05) is 10.6 Å². The second-order valence-corrected chi connectivity index (χ2v) is 6.43. The Morgan fingerprint density at radius 3 is 2.32 bits per heavy atom. The monoisotopic (exact) mass is 398 g/mol. The van der Waals surface area contributed by atoms with Crippen LogP contribution in [-0.4, -0.2) is 21.7 Å². The Hall–Kier alpha value is -3.32. The van der Waals surface area contributed by atoms with Crippen LogP contribution in [0.25, 0.3) is 0 Å². The van der Waals surface area contributed by atoms with E-state index in [0.717, 1.165) is 0 Å². The molecular formula is C20H16ClFN4O2. The summed E-state index contributed by atoms with van der Waals surface area (Å²) in [5.74, 6) is -0.258. The van der Waals surface area contributed by atoms with Crippen molar-refractivity contribution >= 4 is 40.5 Å². The highest BCUT2D eigenvalue weighted by Crippen LogP contribution is 2.22. The number of hydrogen-bond donors (Lipinski definition) is 2. The molecule has 0 fully saturated rings. The minimum Gasteiger partial charge on any atom is -0.340 e. The molecule has 0 unspecified atom stereocenters. The lowest BCUT2D eigenvalue weighted by Gasteiger charge is -2.10. The van der Waals surface area contributed by atoms with Gasteiger partial charge in [0.25, 0.3) is 5.91 Å². The quantitative estimate of drug-likeness (QED) is 0.604. The number of Topliss-reactive ketones (excluding diaryl/α,β-unsaturated/α-hetero) is 1. The highest BCUT2D eigenvalue weighted by molar-refractivity contribution is 6.31. The molecular weight excluding hydrogens is 383 g/mol. The van der Waals surface area contributed by atoms with Gasteiger partial charge in [0.05, 0.1) is 5.02 Å². The highest BCUT2D eigenvalue weighted by atomic mass is 35.5. The number of hydrogen-bond acceptors (Lipinski definition) is 5. The van der Waals surface area contributed by atoms with Crippen LogP contribution >= 0.6 is 11.6 Å². The Morgan fingerprint density at radius 2 is 1.68 bits per heavy atom. The average molecular weight is 399 g/mol. The molecule has 0 spiro atoms. The predicted molar refractivity (Wildman–Crippen MR) is 106 cm³/mol. The molecule has 1 aromatic heterocycles. The van der Waals surface area contributed by atoms with Gasteiger partial charge in [-0.2, -0.15) is 0 Å². The number of carbonyl (C=O) groups is 2. The topological polar surface area (TPSA) is 84.0 Å². The summed E-state index contributed by atoms with van der Waals surface area (Å²) in [5.41, 5.74) is 1.76. The molecule has 2 N–H and O–H groups in total. The van der Waals surface area contributed by atoms with Gasteiger partial charge in [-0.25, -0.2) is 14.4 Å². The average Bonchev–Trinajstić information content (AvgIpc) is 2.64. The number of halogens is 2. The van der Waals surface area contributed by atoms with Crippen molar-refractivity contribution in [3.05, 3.63) is 76.5 Å². The number of nitrogens with zero attached hydrogens (tertiary/aromatic N) is 2. The molecule has 0 atom stereocenters. The summed E-state index contributed by atoms with van der Waals surface area (Å²) < 4.78 is 13.3. The number of nitrogens with one attached hydrogen (secondary N) is 2. The van der Waals surface area contributed by atoms with Crippen molar-refractivity contribution in [1.29, 1.82) is 0 Å². The molecule has 3 rings (SSSR count). The standard InChI is InChI=1S/C20H16ClFN4O2/c1-11(27)13-3-5-14(6-4-13)26-20(28)18-10-19(24-12(2)23-18)25-15-7-8-17(22)16(21)9-15/h3-10H,1-2H3,(H,26,28)(H,23,24,25). The number of benzene rings is 2. The number of anilines is 3. The molecule has 1 heterocycles. The number of amides is 1. The first-order chi connectivity index (χ1) is 13.3. The first-order valence-electron chi connectivity index (χ1n) is 8.32. The smallest absolute Gasteiger partial charge is 0.274 e. The maximum atomic E-state index is 13.3. The normalized spacial score (nSPS) is 10.4. The zero-order valence-electron chi connectivity index (χ0n) is 15.1. The summed E-state index contributed by atoms with van der Waals surface area (Å²) in [5, 5.41) is 5.67. The maximum Gasteiger partial charge on any atom is 0.274 e. The van der Waals surface area contributed by atoms with Crippen LogP contribution in [0.5, 0.6) is 0 Å². The van der Waals surface area contributed by atoms with Gasteiger partial charge in [-0.15, -0.1) is 0 Å². The summed E-state index contributed by atoms with van der Waals surface area (Å²) >= 11 is 5.78. The Balaban J connectivity index is 1.78. The summed E-state index contributed by atoms with van der Waals surface area (Å²) in [7, 11) is 0. The molecule has 0 aliphatic rings. The Kier molecular flexibility index (Phi) is 5.65. The van der Waals surface area contributed by atoms with E-state index in [-0.39, 0.29) is 16.5 Å². The number of rotatable bonds is 5. The lowest BCUT2D eigenvalue weighted by atomic mass is 10.1. The van der Waals surface area contributed by atoms with Gasteiger partial charge >= 0.3 is 0 Å². The molecule has 0 saturated heterocycles. The highest BCUT2D eigenvalue weighted by Gasteiger charge is 2.12. The Labute approximate surface area is 165 Å². The van der Waals surface area contributed by atoms with Crippen LogP contribution in [0, 0.1) is 12.7 Å². The van der Waals surface area contributed by atoms with E-state index in [1.165, 1.54) is 31.2 Å². The molecule has 0 bridgehead atoms. The van der Waals surface area contributed by atoms with Gasteiger partial charge in [0.2, 0.25) is 0 Å². The number of aryl methyl sites for hydroxylation is 1. The molecule has 3 aromatic rings. The van der Waals surface area contributed by atoms with Crippen molar-refractivity contribution in [2.45, 2.75) is 13.8 Å². The summed E-state index contributed by atoms with van der Waals surface area (Å²) in [6, 6.07) is 12.2. The van der Waals surface area contributed by atoms with E-state index < -0.39 is 11.7 Å². The molecule has 0 aliphatic heterocycles. The molecule has 142 valence electrons. The van der Waals surface area contributed by atoms with E-state index in [1.807, 2.05) is 0 Å². The van der Waals surface area contributed by atoms with E-state index >= 15 is 0 Å². The van der Waals surface area contributed by atoms with Crippen molar-refractivity contribution < 1.29 is 14.0 Å². The van der Waals surface area contributed by atoms with Gasteiger partial charge in [0.1, 0.15) is 23.2 Å². The van der Waals surface area contributed by atoms with Crippen LogP contribution in [0.3, 0.4) is 0 Å². The van der Waals surface area contributed by atoms with Crippen LogP contribution in [0.15, 0.2) is 48.5 Å². The largest absolute Gasteiger partial charge is 0.340 e. The fraction of sp³-hybridized carbons (Fsp3) is 0.100. The second kappa shape index (κ2) is 8.14. The van der Waals surface area contributed by atoms with Crippen LogP contribution in [0.1, 0.15) is 33.6 Å². The first kappa shape index (κ1) is 19.4.